The lowest BCUT2D eigenvalue weighted by molar-refractivity contribution is -0.116. The van der Waals surface area contributed by atoms with Crippen LogP contribution < -0.4 is 10.1 Å². The number of morpholine rings is 1. The van der Waals surface area contributed by atoms with Gasteiger partial charge in [-0.1, -0.05) is 26.0 Å². The number of carbonyl (C=O) groups excluding carboxylic acids is 1. The minimum atomic E-state index is -0.0651. The van der Waals surface area contributed by atoms with Crippen LogP contribution >= 0.6 is 0 Å². The summed E-state index contributed by atoms with van der Waals surface area (Å²) in [6, 6.07) is 7.95. The first kappa shape index (κ1) is 18.5. The highest BCUT2D eigenvalue weighted by Crippen LogP contribution is 2.13. The maximum atomic E-state index is 12.1. The van der Waals surface area contributed by atoms with E-state index in [1.807, 2.05) is 30.3 Å². The number of amides is 1. The summed E-state index contributed by atoms with van der Waals surface area (Å²) < 4.78 is 10.5. The van der Waals surface area contributed by atoms with Gasteiger partial charge in [-0.15, -0.1) is 0 Å². The maximum absolute atomic E-state index is 12.1. The smallest absolute Gasteiger partial charge is 0.244 e. The molecule has 5 heteroatoms. The van der Waals surface area contributed by atoms with Crippen LogP contribution in [-0.2, 0) is 9.53 Å². The molecule has 1 aliphatic heterocycles. The number of ether oxygens (including phenoxy) is 2. The number of carbonyl (C=O) groups is 1. The van der Waals surface area contributed by atoms with Crippen LogP contribution in [0.2, 0.25) is 0 Å². The summed E-state index contributed by atoms with van der Waals surface area (Å²) in [5, 5.41) is 3.02. The number of methoxy groups -OCH3 is 1. The molecule has 132 valence electrons. The molecule has 0 saturated carbocycles. The van der Waals surface area contributed by atoms with Crippen LogP contribution in [-0.4, -0.2) is 56.8 Å². The molecule has 1 aliphatic rings. The highest BCUT2D eigenvalue weighted by molar-refractivity contribution is 5.91. The van der Waals surface area contributed by atoms with E-state index in [-0.39, 0.29) is 5.91 Å². The van der Waals surface area contributed by atoms with Gasteiger partial charge >= 0.3 is 0 Å². The number of nitrogens with one attached hydrogen (secondary N) is 1. The first-order valence-electron chi connectivity index (χ1n) is 8.52. The predicted molar refractivity (Wildman–Crippen MR) is 96.1 cm³/mol. The van der Waals surface area contributed by atoms with Crippen molar-refractivity contribution in [2.45, 2.75) is 19.9 Å². The van der Waals surface area contributed by atoms with Gasteiger partial charge in [-0.2, -0.15) is 0 Å². The Hall–Kier alpha value is -1.85. The van der Waals surface area contributed by atoms with Crippen LogP contribution in [0.3, 0.4) is 0 Å². The zero-order valence-corrected chi connectivity index (χ0v) is 14.8. The van der Waals surface area contributed by atoms with Crippen molar-refractivity contribution in [2.75, 3.05) is 40.0 Å². The molecular formula is C19H28N2O3. The Kier molecular flexibility index (Phi) is 7.28. The van der Waals surface area contributed by atoms with E-state index in [1.165, 1.54) is 0 Å². The van der Waals surface area contributed by atoms with Crippen molar-refractivity contribution in [2.24, 2.45) is 5.92 Å². The van der Waals surface area contributed by atoms with Crippen LogP contribution in [0.4, 0.5) is 0 Å². The number of rotatable bonds is 7. The third-order valence-electron chi connectivity index (χ3n) is 4.31. The summed E-state index contributed by atoms with van der Waals surface area (Å²) in [6.45, 7) is 8.45. The minimum absolute atomic E-state index is 0.0651. The maximum Gasteiger partial charge on any atom is 0.244 e. The third-order valence-corrected chi connectivity index (χ3v) is 4.31. The van der Waals surface area contributed by atoms with Crippen LogP contribution in [0.5, 0.6) is 5.75 Å². The van der Waals surface area contributed by atoms with E-state index < -0.39 is 0 Å². The molecule has 1 aromatic carbocycles. The molecule has 2 rings (SSSR count). The Morgan fingerprint density at radius 2 is 1.96 bits per heavy atom. The summed E-state index contributed by atoms with van der Waals surface area (Å²) in [7, 11) is 1.64. The topological polar surface area (TPSA) is 50.8 Å². The molecule has 1 aromatic rings. The second-order valence-electron chi connectivity index (χ2n) is 6.31. The van der Waals surface area contributed by atoms with Gasteiger partial charge in [0.2, 0.25) is 5.91 Å². The summed E-state index contributed by atoms with van der Waals surface area (Å²) in [5.41, 5.74) is 0.972. The third kappa shape index (κ3) is 5.65. The molecule has 0 bridgehead atoms. The number of hydrogen-bond donors (Lipinski definition) is 1. The van der Waals surface area contributed by atoms with Gasteiger partial charge in [0.1, 0.15) is 5.75 Å². The fraction of sp³-hybridized carbons (Fsp3) is 0.526. The average molecular weight is 332 g/mol. The first-order chi connectivity index (χ1) is 11.6. The van der Waals surface area contributed by atoms with Crippen molar-refractivity contribution >= 4 is 12.0 Å². The van der Waals surface area contributed by atoms with Gasteiger partial charge in [0.15, 0.2) is 0 Å². The van der Waals surface area contributed by atoms with E-state index in [0.717, 1.165) is 37.6 Å². The van der Waals surface area contributed by atoms with Gasteiger partial charge in [-0.3, -0.25) is 9.69 Å². The van der Waals surface area contributed by atoms with E-state index >= 15 is 0 Å². The SMILES string of the molecule is COc1ccc(C=CC(=O)NCC(C(C)C)N2CCOCC2)cc1. The molecule has 0 aromatic heterocycles. The van der Waals surface area contributed by atoms with Gasteiger partial charge in [0, 0.05) is 31.8 Å². The molecule has 5 nitrogen and oxygen atoms in total. The predicted octanol–water partition coefficient (Wildman–Crippen LogP) is 2.18. The summed E-state index contributed by atoms with van der Waals surface area (Å²) in [6.07, 6.45) is 3.40. The van der Waals surface area contributed by atoms with Crippen molar-refractivity contribution in [3.63, 3.8) is 0 Å². The first-order valence-corrected chi connectivity index (χ1v) is 8.52. The van der Waals surface area contributed by atoms with Gasteiger partial charge in [0.25, 0.3) is 0 Å². The lowest BCUT2D eigenvalue weighted by atomic mass is 10.0. The van der Waals surface area contributed by atoms with Crippen molar-refractivity contribution in [1.82, 2.24) is 10.2 Å². The summed E-state index contributed by atoms with van der Waals surface area (Å²) in [4.78, 5) is 14.5. The van der Waals surface area contributed by atoms with Crippen molar-refractivity contribution in [1.29, 1.82) is 0 Å². The van der Waals surface area contributed by atoms with Crippen molar-refractivity contribution in [3.05, 3.63) is 35.9 Å². The normalized spacial score (nSPS) is 17.2. The molecule has 1 N–H and O–H groups in total. The Morgan fingerprint density at radius 1 is 1.29 bits per heavy atom. The zero-order chi connectivity index (χ0) is 17.4. The summed E-state index contributed by atoms with van der Waals surface area (Å²) in [5.74, 6) is 1.22. The van der Waals surface area contributed by atoms with Crippen LogP contribution in [0.15, 0.2) is 30.3 Å². The van der Waals surface area contributed by atoms with Crippen LogP contribution in [0.25, 0.3) is 6.08 Å². The molecule has 0 radical (unpaired) electrons. The van der Waals surface area contributed by atoms with Gasteiger partial charge in [-0.05, 0) is 29.7 Å². The lowest BCUT2D eigenvalue weighted by Crippen LogP contribution is -2.51. The van der Waals surface area contributed by atoms with Gasteiger partial charge in [0.05, 0.1) is 20.3 Å². The zero-order valence-electron chi connectivity index (χ0n) is 14.8. The largest absolute Gasteiger partial charge is 0.497 e. The highest BCUT2D eigenvalue weighted by Gasteiger charge is 2.23. The molecule has 0 aliphatic carbocycles. The molecule has 1 atom stereocenters. The Balaban J connectivity index is 1.84. The number of hydrogen-bond acceptors (Lipinski definition) is 4. The molecule has 1 saturated heterocycles. The molecule has 1 heterocycles. The standard InChI is InChI=1S/C19H28N2O3/c1-15(2)18(21-10-12-24-13-11-21)14-20-19(22)9-6-16-4-7-17(23-3)8-5-16/h4-9,15,18H,10-14H2,1-3H3,(H,20,22). The fourth-order valence-corrected chi connectivity index (χ4v) is 2.85. The van der Waals surface area contributed by atoms with Crippen molar-refractivity contribution < 1.29 is 14.3 Å². The molecule has 0 spiro atoms. The second kappa shape index (κ2) is 9.45. The van der Waals surface area contributed by atoms with E-state index in [4.69, 9.17) is 9.47 Å². The fourth-order valence-electron chi connectivity index (χ4n) is 2.85. The molecule has 1 fully saturated rings. The summed E-state index contributed by atoms with van der Waals surface area (Å²) >= 11 is 0. The minimum Gasteiger partial charge on any atom is -0.497 e. The Labute approximate surface area is 144 Å². The molecule has 24 heavy (non-hydrogen) atoms. The molecular weight excluding hydrogens is 304 g/mol. The Bertz CT molecular complexity index is 534. The van der Waals surface area contributed by atoms with E-state index in [0.29, 0.717) is 18.5 Å². The average Bonchev–Trinajstić information content (AvgIpc) is 2.61. The van der Waals surface area contributed by atoms with Gasteiger partial charge in [-0.25, -0.2) is 0 Å². The highest BCUT2D eigenvalue weighted by atomic mass is 16.5. The van der Waals surface area contributed by atoms with E-state index in [1.54, 1.807) is 13.2 Å². The van der Waals surface area contributed by atoms with E-state index in [2.05, 4.69) is 24.1 Å². The van der Waals surface area contributed by atoms with Crippen LogP contribution in [0.1, 0.15) is 19.4 Å². The van der Waals surface area contributed by atoms with E-state index in [9.17, 15) is 4.79 Å². The molecule has 1 amide bonds. The van der Waals surface area contributed by atoms with Gasteiger partial charge < -0.3 is 14.8 Å². The lowest BCUT2D eigenvalue weighted by Gasteiger charge is -2.36. The Morgan fingerprint density at radius 3 is 2.54 bits per heavy atom. The number of nitrogens with zero attached hydrogens (tertiary/aromatic N) is 1. The number of benzene rings is 1. The second-order valence-corrected chi connectivity index (χ2v) is 6.31. The van der Waals surface area contributed by atoms with Crippen LogP contribution in [0, 0.1) is 5.92 Å². The monoisotopic (exact) mass is 332 g/mol. The van der Waals surface area contributed by atoms with Crippen molar-refractivity contribution in [3.8, 4) is 5.75 Å². The quantitative estimate of drug-likeness (QED) is 0.778. The molecule has 1 unspecified atom stereocenters.